The molecule has 0 atom stereocenters. The monoisotopic (exact) mass is 400 g/mol. The van der Waals surface area contributed by atoms with Crippen LogP contribution in [0.1, 0.15) is 0 Å². The van der Waals surface area contributed by atoms with Gasteiger partial charge in [0.05, 0.1) is 0 Å². The first-order valence-corrected chi connectivity index (χ1v) is 7.85. The molecular formula is C17H15Ta. The Bertz CT molecular complexity index is 472. The molecule has 0 aromatic heterocycles. The number of allylic oxidation sites excluding steroid dienone is 16. The van der Waals surface area contributed by atoms with E-state index in [1.54, 1.807) is 0 Å². The summed E-state index contributed by atoms with van der Waals surface area (Å²) in [5, 5.41) is 0. The van der Waals surface area contributed by atoms with Gasteiger partial charge < -0.3 is 0 Å². The molecule has 2 aliphatic rings. The Morgan fingerprint density at radius 1 is 0.556 bits per heavy atom. The normalized spacial score (nSPS) is 19.6. The zero-order valence-electron chi connectivity index (χ0n) is 10.1. The van der Waals surface area contributed by atoms with Crippen molar-refractivity contribution in [2.75, 3.05) is 0 Å². The predicted octanol–water partition coefficient (Wildman–Crippen LogP) is 4.54. The van der Waals surface area contributed by atoms with Gasteiger partial charge in [-0.05, 0) is 0 Å². The van der Waals surface area contributed by atoms with E-state index in [4.69, 9.17) is 0 Å². The Balaban J connectivity index is 2.22. The van der Waals surface area contributed by atoms with Crippen molar-refractivity contribution < 1.29 is 21.1 Å². The second-order valence-corrected chi connectivity index (χ2v) is 5.85. The van der Waals surface area contributed by atoms with E-state index in [2.05, 4.69) is 72.9 Å². The van der Waals surface area contributed by atoms with Crippen LogP contribution in [-0.4, -0.2) is 0 Å². The van der Waals surface area contributed by atoms with Gasteiger partial charge in [-0.2, -0.15) is 0 Å². The van der Waals surface area contributed by atoms with E-state index in [0.29, 0.717) is 4.14 Å². The average molecular weight is 400 g/mol. The van der Waals surface area contributed by atoms with E-state index in [1.807, 2.05) is 12.2 Å². The molecule has 0 radical (unpaired) electrons. The Morgan fingerprint density at radius 2 is 0.944 bits per heavy atom. The molecule has 0 aromatic rings. The summed E-state index contributed by atoms with van der Waals surface area (Å²) in [6.07, 6.45) is 29.6. The summed E-state index contributed by atoms with van der Waals surface area (Å²) in [6, 6.07) is 0. The predicted molar refractivity (Wildman–Crippen MR) is 74.8 cm³/mol. The first kappa shape index (κ1) is 13.1. The van der Waals surface area contributed by atoms with Crippen molar-refractivity contribution in [1.29, 1.82) is 0 Å². The van der Waals surface area contributed by atoms with Crippen LogP contribution in [0.2, 0.25) is 4.14 Å². The van der Waals surface area contributed by atoms with E-state index in [-0.39, 0.29) is 0 Å². The van der Waals surface area contributed by atoms with E-state index < -0.39 is 0 Å². The second kappa shape index (κ2) is 7.17. The average Bonchev–Trinajstić information content (AvgIpc) is 2.27. The van der Waals surface area contributed by atoms with E-state index >= 15 is 0 Å². The molecule has 2 rings (SSSR count). The van der Waals surface area contributed by atoms with E-state index in [0.717, 1.165) is 0 Å². The topological polar surface area (TPSA) is 0 Å². The fraction of sp³-hybridized carbons (Fsp3) is 0.0588. The van der Waals surface area contributed by atoms with Gasteiger partial charge in [0.15, 0.2) is 0 Å². The third kappa shape index (κ3) is 3.85. The Kier molecular flexibility index (Phi) is 5.22. The quantitative estimate of drug-likeness (QED) is 0.639. The van der Waals surface area contributed by atoms with Crippen molar-refractivity contribution in [2.24, 2.45) is 0 Å². The van der Waals surface area contributed by atoms with Crippen LogP contribution >= 0.6 is 0 Å². The van der Waals surface area contributed by atoms with Gasteiger partial charge in [-0.1, -0.05) is 0 Å². The van der Waals surface area contributed by atoms with Crippen LogP contribution in [0.4, 0.5) is 0 Å². The summed E-state index contributed by atoms with van der Waals surface area (Å²) in [4.78, 5) is 0. The first-order valence-electron chi connectivity index (χ1n) is 5.99. The van der Waals surface area contributed by atoms with Crippen LogP contribution in [0.3, 0.4) is 0 Å². The van der Waals surface area contributed by atoms with E-state index in [9.17, 15) is 0 Å². The molecule has 0 spiro atoms. The van der Waals surface area contributed by atoms with Crippen molar-refractivity contribution in [2.45, 2.75) is 4.14 Å². The molecule has 2 aliphatic carbocycles. The molecule has 1 heteroatoms. The molecule has 0 saturated carbocycles. The molecule has 0 aromatic carbocycles. The van der Waals surface area contributed by atoms with Gasteiger partial charge in [-0.25, -0.2) is 0 Å². The summed E-state index contributed by atoms with van der Waals surface area (Å²) >= 11 is 1.34. The maximum atomic E-state index is 2.21. The van der Waals surface area contributed by atoms with Gasteiger partial charge in [-0.3, -0.25) is 0 Å². The number of hydrogen-bond donors (Lipinski definition) is 0. The van der Waals surface area contributed by atoms with Gasteiger partial charge in [0.1, 0.15) is 0 Å². The van der Waals surface area contributed by atoms with Crippen molar-refractivity contribution >= 4 is 0 Å². The minimum atomic E-state index is 0.504. The van der Waals surface area contributed by atoms with Crippen LogP contribution in [0.25, 0.3) is 0 Å². The number of rotatable bonds is 2. The maximum absolute atomic E-state index is 2.21. The zero-order chi connectivity index (χ0) is 12.6. The van der Waals surface area contributed by atoms with Crippen molar-refractivity contribution in [3.63, 3.8) is 0 Å². The fourth-order valence-corrected chi connectivity index (χ4v) is 2.96. The molecule has 0 saturated heterocycles. The Morgan fingerprint density at radius 3 is 1.44 bits per heavy atom. The molecule has 0 unspecified atom stereocenters. The van der Waals surface area contributed by atoms with Gasteiger partial charge in [-0.15, -0.1) is 0 Å². The van der Waals surface area contributed by atoms with Crippen LogP contribution in [-0.2, 0) is 21.1 Å². The summed E-state index contributed by atoms with van der Waals surface area (Å²) in [5.41, 5.74) is 2.75. The molecule has 0 aliphatic heterocycles. The number of hydrogen-bond acceptors (Lipinski definition) is 0. The summed E-state index contributed by atoms with van der Waals surface area (Å²) in [7, 11) is 0. The van der Waals surface area contributed by atoms with Crippen LogP contribution in [0.15, 0.2) is 96.2 Å². The van der Waals surface area contributed by atoms with Gasteiger partial charge in [0, 0.05) is 0 Å². The second-order valence-electron chi connectivity index (χ2n) is 3.99. The molecule has 0 heterocycles. The molecule has 0 bridgehead atoms. The fourth-order valence-electron chi connectivity index (χ4n) is 1.72. The standard InChI is InChI=1S/C17H15.Ta/c1-3-7-11-16(12-8-4-1)15-17-13-9-5-2-6-10-14-17;/h1-15H;. The summed E-state index contributed by atoms with van der Waals surface area (Å²) < 4.78 is 0.504. The SMILES string of the molecule is [Ta][CH](C1=CC=CC=CC=C1)C1=CC=CC=CC=C1. The van der Waals surface area contributed by atoms with Crippen molar-refractivity contribution in [3.8, 4) is 0 Å². The first-order chi connectivity index (χ1) is 8.88. The van der Waals surface area contributed by atoms with E-state index in [1.165, 1.54) is 32.2 Å². The summed E-state index contributed by atoms with van der Waals surface area (Å²) in [6.45, 7) is 0. The third-order valence-corrected chi connectivity index (χ3v) is 4.82. The molecule has 0 N–H and O–H groups in total. The Hall–Kier alpha value is -1.34. The molecular weight excluding hydrogens is 385 g/mol. The zero-order valence-corrected chi connectivity index (χ0v) is 13.3. The van der Waals surface area contributed by atoms with Crippen LogP contribution < -0.4 is 0 Å². The van der Waals surface area contributed by atoms with Crippen molar-refractivity contribution in [3.05, 3.63) is 96.2 Å². The van der Waals surface area contributed by atoms with Gasteiger partial charge in [0.2, 0.25) is 0 Å². The van der Waals surface area contributed by atoms with Crippen LogP contribution in [0, 0.1) is 0 Å². The molecule has 0 amide bonds. The molecule has 0 nitrogen and oxygen atoms in total. The minimum absolute atomic E-state index is 0.504. The van der Waals surface area contributed by atoms with Gasteiger partial charge >= 0.3 is 121 Å². The third-order valence-electron chi connectivity index (χ3n) is 2.68. The van der Waals surface area contributed by atoms with Crippen LogP contribution in [0.5, 0.6) is 0 Å². The van der Waals surface area contributed by atoms with Crippen molar-refractivity contribution in [1.82, 2.24) is 0 Å². The molecule has 88 valence electrons. The molecule has 0 fully saturated rings. The molecule has 18 heavy (non-hydrogen) atoms. The summed E-state index contributed by atoms with van der Waals surface area (Å²) in [5.74, 6) is 0. The van der Waals surface area contributed by atoms with Gasteiger partial charge in [0.25, 0.3) is 0 Å². The Labute approximate surface area is 121 Å².